The standard InChI is InChI=1S/C18H29N3O4S/c1-14(22)15-6-8-16(9-7-15)26(24,25)20-11-10-17(23)19-12-18(2,3)13-21(4)5/h6-9,20H,10-13H2,1-5H3,(H,19,23). The first kappa shape index (κ1) is 22.3. The van der Waals surface area contributed by atoms with Crippen molar-refractivity contribution in [1.29, 1.82) is 0 Å². The number of Topliss-reactive ketones (excluding diaryl/α,β-unsaturated/α-hetero) is 1. The van der Waals surface area contributed by atoms with Crippen LogP contribution < -0.4 is 10.0 Å². The van der Waals surface area contributed by atoms with E-state index in [-0.39, 0.29) is 35.0 Å². The molecule has 1 amide bonds. The third kappa shape index (κ3) is 7.63. The van der Waals surface area contributed by atoms with Gasteiger partial charge in [0.25, 0.3) is 0 Å². The monoisotopic (exact) mass is 383 g/mol. The summed E-state index contributed by atoms with van der Waals surface area (Å²) in [5.74, 6) is -0.331. The van der Waals surface area contributed by atoms with E-state index in [4.69, 9.17) is 0 Å². The smallest absolute Gasteiger partial charge is 0.240 e. The fourth-order valence-electron chi connectivity index (χ4n) is 2.59. The largest absolute Gasteiger partial charge is 0.355 e. The highest BCUT2D eigenvalue weighted by Gasteiger charge is 2.20. The number of amides is 1. The van der Waals surface area contributed by atoms with E-state index < -0.39 is 10.0 Å². The van der Waals surface area contributed by atoms with Gasteiger partial charge in [0.05, 0.1) is 4.90 Å². The number of carbonyl (C=O) groups excluding carboxylic acids is 2. The number of hydrogen-bond donors (Lipinski definition) is 2. The van der Waals surface area contributed by atoms with Crippen molar-refractivity contribution < 1.29 is 18.0 Å². The summed E-state index contributed by atoms with van der Waals surface area (Å²) in [4.78, 5) is 25.3. The first-order valence-corrected chi connectivity index (χ1v) is 9.93. The molecule has 8 heteroatoms. The Kier molecular flexibility index (Phi) is 7.92. The fourth-order valence-corrected chi connectivity index (χ4v) is 3.62. The number of carbonyl (C=O) groups is 2. The van der Waals surface area contributed by atoms with Crippen molar-refractivity contribution in [2.45, 2.75) is 32.1 Å². The molecule has 0 saturated carbocycles. The van der Waals surface area contributed by atoms with Crippen LogP contribution in [0.1, 0.15) is 37.6 Å². The summed E-state index contributed by atoms with van der Waals surface area (Å²) in [7, 11) is 0.241. The lowest BCUT2D eigenvalue weighted by molar-refractivity contribution is -0.121. The summed E-state index contributed by atoms with van der Waals surface area (Å²) in [6.45, 7) is 6.89. The molecule has 0 heterocycles. The normalized spacial score (nSPS) is 12.2. The zero-order valence-electron chi connectivity index (χ0n) is 16.1. The number of ketones is 1. The molecule has 0 unspecified atom stereocenters. The Hall–Kier alpha value is -1.77. The molecule has 2 N–H and O–H groups in total. The molecule has 0 bridgehead atoms. The molecule has 0 aliphatic heterocycles. The average molecular weight is 384 g/mol. The van der Waals surface area contributed by atoms with Gasteiger partial charge in [-0.05, 0) is 38.6 Å². The van der Waals surface area contributed by atoms with Crippen molar-refractivity contribution >= 4 is 21.7 Å². The van der Waals surface area contributed by atoms with Crippen LogP contribution in [0.4, 0.5) is 0 Å². The lowest BCUT2D eigenvalue weighted by Crippen LogP contribution is -2.40. The van der Waals surface area contributed by atoms with E-state index in [9.17, 15) is 18.0 Å². The van der Waals surface area contributed by atoms with E-state index in [1.807, 2.05) is 14.1 Å². The van der Waals surface area contributed by atoms with Crippen molar-refractivity contribution in [2.75, 3.05) is 33.7 Å². The van der Waals surface area contributed by atoms with Gasteiger partial charge in [-0.15, -0.1) is 0 Å². The molecule has 26 heavy (non-hydrogen) atoms. The van der Waals surface area contributed by atoms with Crippen molar-refractivity contribution in [3.8, 4) is 0 Å². The van der Waals surface area contributed by atoms with Gasteiger partial charge in [-0.3, -0.25) is 9.59 Å². The number of benzene rings is 1. The average Bonchev–Trinajstić information content (AvgIpc) is 2.52. The van der Waals surface area contributed by atoms with E-state index in [0.29, 0.717) is 12.1 Å². The van der Waals surface area contributed by atoms with Gasteiger partial charge in [-0.2, -0.15) is 0 Å². The summed E-state index contributed by atoms with van der Waals surface area (Å²) in [5, 5.41) is 2.84. The molecule has 0 aromatic heterocycles. The summed E-state index contributed by atoms with van der Waals surface area (Å²) in [6, 6.07) is 5.69. The van der Waals surface area contributed by atoms with E-state index in [1.165, 1.54) is 31.2 Å². The highest BCUT2D eigenvalue weighted by Crippen LogP contribution is 2.14. The molecule has 0 radical (unpaired) electrons. The van der Waals surface area contributed by atoms with Crippen molar-refractivity contribution in [1.82, 2.24) is 14.9 Å². The SMILES string of the molecule is CC(=O)c1ccc(S(=O)(=O)NCCC(=O)NCC(C)(C)CN(C)C)cc1. The van der Waals surface area contributed by atoms with Crippen LogP contribution in [0, 0.1) is 5.41 Å². The van der Waals surface area contributed by atoms with E-state index in [0.717, 1.165) is 6.54 Å². The lowest BCUT2D eigenvalue weighted by atomic mass is 9.93. The van der Waals surface area contributed by atoms with Crippen molar-refractivity contribution in [3.63, 3.8) is 0 Å². The highest BCUT2D eigenvalue weighted by molar-refractivity contribution is 7.89. The fraction of sp³-hybridized carbons (Fsp3) is 0.556. The predicted molar refractivity (Wildman–Crippen MR) is 102 cm³/mol. The minimum Gasteiger partial charge on any atom is -0.355 e. The molecule has 0 fully saturated rings. The van der Waals surface area contributed by atoms with Crippen LogP contribution in [-0.4, -0.2) is 58.7 Å². The maximum absolute atomic E-state index is 12.2. The van der Waals surface area contributed by atoms with Gasteiger partial charge in [0, 0.05) is 31.6 Å². The Balaban J connectivity index is 2.48. The maximum atomic E-state index is 12.2. The zero-order valence-corrected chi connectivity index (χ0v) is 16.9. The quantitative estimate of drug-likeness (QED) is 0.593. The Morgan fingerprint density at radius 2 is 1.69 bits per heavy atom. The van der Waals surface area contributed by atoms with Crippen molar-refractivity contribution in [2.24, 2.45) is 5.41 Å². The minimum absolute atomic E-state index is 0.0107. The van der Waals surface area contributed by atoms with Gasteiger partial charge in [0.15, 0.2) is 5.78 Å². The van der Waals surface area contributed by atoms with Gasteiger partial charge in [-0.1, -0.05) is 26.0 Å². The van der Waals surface area contributed by atoms with Gasteiger partial charge in [-0.25, -0.2) is 13.1 Å². The first-order chi connectivity index (χ1) is 11.9. The lowest BCUT2D eigenvalue weighted by Gasteiger charge is -2.28. The summed E-state index contributed by atoms with van der Waals surface area (Å²) in [5.41, 5.74) is 0.376. The van der Waals surface area contributed by atoms with Crippen LogP contribution in [0.3, 0.4) is 0 Å². The van der Waals surface area contributed by atoms with Crippen LogP contribution in [-0.2, 0) is 14.8 Å². The third-order valence-corrected chi connectivity index (χ3v) is 5.20. The van der Waals surface area contributed by atoms with Crippen LogP contribution in [0.25, 0.3) is 0 Å². The van der Waals surface area contributed by atoms with Crippen molar-refractivity contribution in [3.05, 3.63) is 29.8 Å². The molecule has 7 nitrogen and oxygen atoms in total. The molecule has 1 aromatic carbocycles. The summed E-state index contributed by atoms with van der Waals surface area (Å²) in [6.07, 6.45) is 0.0583. The molecule has 1 rings (SSSR count). The molecule has 0 aliphatic carbocycles. The Labute approximate surface area is 156 Å². The Morgan fingerprint density at radius 1 is 1.12 bits per heavy atom. The molecule has 0 aliphatic rings. The highest BCUT2D eigenvalue weighted by atomic mass is 32.2. The molecule has 0 atom stereocenters. The second-order valence-electron chi connectivity index (χ2n) is 7.41. The van der Waals surface area contributed by atoms with E-state index in [2.05, 4.69) is 28.8 Å². The summed E-state index contributed by atoms with van der Waals surface area (Å²) >= 11 is 0. The number of nitrogens with one attached hydrogen (secondary N) is 2. The van der Waals surface area contributed by atoms with Crippen LogP contribution in [0.15, 0.2) is 29.2 Å². The molecular weight excluding hydrogens is 354 g/mol. The van der Waals surface area contributed by atoms with Gasteiger partial charge < -0.3 is 10.2 Å². The maximum Gasteiger partial charge on any atom is 0.240 e. The number of nitrogens with zero attached hydrogens (tertiary/aromatic N) is 1. The Bertz CT molecular complexity index is 725. The molecule has 0 spiro atoms. The minimum atomic E-state index is -3.71. The van der Waals surface area contributed by atoms with Gasteiger partial charge in [0.2, 0.25) is 15.9 Å². The number of rotatable bonds is 10. The van der Waals surface area contributed by atoms with Gasteiger partial charge in [0.1, 0.15) is 0 Å². The molecule has 146 valence electrons. The molecule has 0 saturated heterocycles. The van der Waals surface area contributed by atoms with Crippen LogP contribution in [0.2, 0.25) is 0 Å². The number of hydrogen-bond acceptors (Lipinski definition) is 5. The zero-order chi connectivity index (χ0) is 20.0. The summed E-state index contributed by atoms with van der Waals surface area (Å²) < 4.78 is 26.8. The van der Waals surface area contributed by atoms with Crippen LogP contribution in [0.5, 0.6) is 0 Å². The van der Waals surface area contributed by atoms with E-state index in [1.54, 1.807) is 0 Å². The molecule has 1 aromatic rings. The second-order valence-corrected chi connectivity index (χ2v) is 9.17. The first-order valence-electron chi connectivity index (χ1n) is 8.45. The topological polar surface area (TPSA) is 95.6 Å². The van der Waals surface area contributed by atoms with Crippen LogP contribution >= 0.6 is 0 Å². The second kappa shape index (κ2) is 9.25. The van der Waals surface area contributed by atoms with Gasteiger partial charge >= 0.3 is 0 Å². The molecular formula is C18H29N3O4S. The van der Waals surface area contributed by atoms with E-state index >= 15 is 0 Å². The number of sulfonamides is 1. The Morgan fingerprint density at radius 3 is 2.19 bits per heavy atom. The predicted octanol–water partition coefficient (Wildman–Crippen LogP) is 1.26. The third-order valence-electron chi connectivity index (χ3n) is 3.72.